The highest BCUT2D eigenvalue weighted by molar-refractivity contribution is 7.13. The van der Waals surface area contributed by atoms with Crippen LogP contribution in [-0.2, 0) is 25.5 Å². The van der Waals surface area contributed by atoms with Gasteiger partial charge in [0.15, 0.2) is 5.13 Å². The van der Waals surface area contributed by atoms with E-state index in [9.17, 15) is 14.4 Å². The zero-order chi connectivity index (χ0) is 18.6. The molecule has 7 nitrogen and oxygen atoms in total. The van der Waals surface area contributed by atoms with Gasteiger partial charge in [-0.05, 0) is 12.8 Å². The van der Waals surface area contributed by atoms with Gasteiger partial charge in [-0.25, -0.2) is 4.98 Å². The van der Waals surface area contributed by atoms with Crippen LogP contribution in [0.4, 0.5) is 5.13 Å². The molecule has 1 aromatic heterocycles. The summed E-state index contributed by atoms with van der Waals surface area (Å²) in [5.74, 6) is -0.440. The number of piperidine rings is 1. The van der Waals surface area contributed by atoms with Gasteiger partial charge in [-0.2, -0.15) is 0 Å². The molecule has 138 valence electrons. The number of likely N-dealkylation sites (tertiary alicyclic amines) is 1. The van der Waals surface area contributed by atoms with Crippen molar-refractivity contribution < 1.29 is 19.1 Å². The minimum absolute atomic E-state index is 0.0117. The quantitative estimate of drug-likeness (QED) is 0.823. The lowest BCUT2D eigenvalue weighted by molar-refractivity contribution is -0.148. The van der Waals surface area contributed by atoms with Crippen LogP contribution in [0.1, 0.15) is 39.3 Å². The Morgan fingerprint density at radius 2 is 1.96 bits per heavy atom. The van der Waals surface area contributed by atoms with Gasteiger partial charge in [0, 0.05) is 23.9 Å². The van der Waals surface area contributed by atoms with E-state index in [4.69, 9.17) is 4.74 Å². The van der Waals surface area contributed by atoms with Crippen molar-refractivity contribution in [2.75, 3.05) is 25.5 Å². The number of carbonyl (C=O) groups excluding carboxylic acids is 3. The van der Waals surface area contributed by atoms with E-state index in [0.717, 1.165) is 0 Å². The van der Waals surface area contributed by atoms with Crippen molar-refractivity contribution in [3.63, 3.8) is 0 Å². The molecule has 0 spiro atoms. The Bertz CT molecular complexity index is 643. The van der Waals surface area contributed by atoms with E-state index in [1.165, 1.54) is 18.4 Å². The van der Waals surface area contributed by atoms with Gasteiger partial charge in [-0.1, -0.05) is 20.8 Å². The number of rotatable bonds is 4. The Morgan fingerprint density at radius 3 is 2.52 bits per heavy atom. The number of nitrogens with zero attached hydrogens (tertiary/aromatic N) is 2. The molecular weight excluding hydrogens is 342 g/mol. The number of aromatic nitrogens is 1. The van der Waals surface area contributed by atoms with E-state index in [2.05, 4.69) is 10.3 Å². The molecule has 1 aromatic rings. The number of methoxy groups -OCH3 is 1. The highest BCUT2D eigenvalue weighted by Gasteiger charge is 2.28. The summed E-state index contributed by atoms with van der Waals surface area (Å²) in [5.41, 5.74) is 0.153. The first-order chi connectivity index (χ1) is 11.7. The van der Waals surface area contributed by atoms with Crippen molar-refractivity contribution in [1.29, 1.82) is 0 Å². The van der Waals surface area contributed by atoms with Gasteiger partial charge in [-0.15, -0.1) is 11.3 Å². The van der Waals surface area contributed by atoms with Gasteiger partial charge >= 0.3 is 5.97 Å². The monoisotopic (exact) mass is 367 g/mol. The van der Waals surface area contributed by atoms with Gasteiger partial charge in [0.1, 0.15) is 0 Å². The smallest absolute Gasteiger partial charge is 0.308 e. The summed E-state index contributed by atoms with van der Waals surface area (Å²) in [6.45, 7) is 6.60. The summed E-state index contributed by atoms with van der Waals surface area (Å²) >= 11 is 1.31. The maximum Gasteiger partial charge on any atom is 0.308 e. The number of esters is 1. The minimum Gasteiger partial charge on any atom is -0.469 e. The second-order valence-electron chi connectivity index (χ2n) is 7.20. The predicted octanol–water partition coefficient (Wildman–Crippen LogP) is 2.08. The first kappa shape index (κ1) is 19.4. The molecule has 1 aliphatic rings. The average molecular weight is 367 g/mol. The number of hydrogen-bond donors (Lipinski definition) is 1. The summed E-state index contributed by atoms with van der Waals surface area (Å²) in [6.07, 6.45) is 1.45. The SMILES string of the molecule is COC(=O)C1CCN(C(=O)Cc2csc(NC(=O)C(C)(C)C)n2)CC1. The summed E-state index contributed by atoms with van der Waals surface area (Å²) < 4.78 is 4.75. The molecule has 0 atom stereocenters. The Labute approximate surface area is 151 Å². The fourth-order valence-corrected chi connectivity index (χ4v) is 3.23. The number of carbonyl (C=O) groups is 3. The zero-order valence-corrected chi connectivity index (χ0v) is 15.9. The molecule has 0 radical (unpaired) electrons. The third kappa shape index (κ3) is 5.26. The van der Waals surface area contributed by atoms with Gasteiger partial charge in [0.25, 0.3) is 0 Å². The average Bonchev–Trinajstić information content (AvgIpc) is 3.00. The van der Waals surface area contributed by atoms with E-state index in [1.54, 1.807) is 10.3 Å². The van der Waals surface area contributed by atoms with E-state index in [1.807, 2.05) is 20.8 Å². The fraction of sp³-hybridized carbons (Fsp3) is 0.647. The van der Waals surface area contributed by atoms with E-state index < -0.39 is 5.41 Å². The number of amides is 2. The lowest BCUT2D eigenvalue weighted by Gasteiger charge is -2.30. The molecule has 0 bridgehead atoms. The molecule has 0 aliphatic carbocycles. The van der Waals surface area contributed by atoms with Gasteiger partial charge in [0.2, 0.25) is 11.8 Å². The predicted molar refractivity (Wildman–Crippen MR) is 95.2 cm³/mol. The van der Waals surface area contributed by atoms with Crippen LogP contribution in [0.15, 0.2) is 5.38 Å². The van der Waals surface area contributed by atoms with Crippen molar-refractivity contribution in [2.24, 2.45) is 11.3 Å². The molecule has 1 saturated heterocycles. The van der Waals surface area contributed by atoms with Crippen LogP contribution in [-0.4, -0.2) is 47.9 Å². The summed E-state index contributed by atoms with van der Waals surface area (Å²) in [5, 5.41) is 5.07. The minimum atomic E-state index is -0.494. The second-order valence-corrected chi connectivity index (χ2v) is 8.06. The lowest BCUT2D eigenvalue weighted by Crippen LogP contribution is -2.41. The topological polar surface area (TPSA) is 88.6 Å². The lowest BCUT2D eigenvalue weighted by atomic mass is 9.96. The van der Waals surface area contributed by atoms with Crippen molar-refractivity contribution in [3.8, 4) is 0 Å². The largest absolute Gasteiger partial charge is 0.469 e. The number of hydrogen-bond acceptors (Lipinski definition) is 6. The van der Waals surface area contributed by atoms with Crippen LogP contribution in [0.2, 0.25) is 0 Å². The molecule has 0 unspecified atom stereocenters. The molecule has 8 heteroatoms. The van der Waals surface area contributed by atoms with Gasteiger partial charge < -0.3 is 15.0 Å². The van der Waals surface area contributed by atoms with Crippen LogP contribution in [0.25, 0.3) is 0 Å². The Balaban J connectivity index is 1.86. The molecule has 2 rings (SSSR count). The van der Waals surface area contributed by atoms with Gasteiger partial charge in [0.05, 0.1) is 25.1 Å². The van der Waals surface area contributed by atoms with Crippen molar-refractivity contribution in [1.82, 2.24) is 9.88 Å². The first-order valence-corrected chi connectivity index (χ1v) is 9.20. The summed E-state index contributed by atoms with van der Waals surface area (Å²) in [4.78, 5) is 42.0. The van der Waals surface area contributed by atoms with Crippen LogP contribution >= 0.6 is 11.3 Å². The van der Waals surface area contributed by atoms with E-state index >= 15 is 0 Å². The summed E-state index contributed by atoms with van der Waals surface area (Å²) in [6, 6.07) is 0. The number of ether oxygens (including phenoxy) is 1. The Morgan fingerprint density at radius 1 is 1.32 bits per heavy atom. The van der Waals surface area contributed by atoms with Crippen LogP contribution in [0.3, 0.4) is 0 Å². The normalized spacial score (nSPS) is 15.8. The highest BCUT2D eigenvalue weighted by Crippen LogP contribution is 2.22. The van der Waals surface area contributed by atoms with Crippen molar-refractivity contribution >= 4 is 34.3 Å². The number of thiazole rings is 1. The van der Waals surface area contributed by atoms with Crippen LogP contribution < -0.4 is 5.32 Å². The molecule has 1 N–H and O–H groups in total. The molecule has 0 saturated carbocycles. The molecule has 0 aromatic carbocycles. The Kier molecular flexibility index (Phi) is 6.16. The molecule has 2 amide bonds. The van der Waals surface area contributed by atoms with Crippen molar-refractivity contribution in [3.05, 3.63) is 11.1 Å². The second kappa shape index (κ2) is 7.95. The van der Waals surface area contributed by atoms with E-state index in [0.29, 0.717) is 36.8 Å². The highest BCUT2D eigenvalue weighted by atomic mass is 32.1. The summed E-state index contributed by atoms with van der Waals surface area (Å²) in [7, 11) is 1.39. The molecule has 1 aliphatic heterocycles. The first-order valence-electron chi connectivity index (χ1n) is 8.32. The fourth-order valence-electron chi connectivity index (χ4n) is 2.53. The molecule has 25 heavy (non-hydrogen) atoms. The maximum atomic E-state index is 12.4. The molecule has 1 fully saturated rings. The Hall–Kier alpha value is -1.96. The maximum absolute atomic E-state index is 12.4. The molecule has 2 heterocycles. The standard InChI is InChI=1S/C17H25N3O4S/c1-17(2,3)15(23)19-16-18-12(10-25-16)9-13(21)20-7-5-11(6-8-20)14(22)24-4/h10-11H,5-9H2,1-4H3,(H,18,19,23). The van der Waals surface area contributed by atoms with Crippen LogP contribution in [0.5, 0.6) is 0 Å². The number of nitrogens with one attached hydrogen (secondary N) is 1. The molecular formula is C17H25N3O4S. The van der Waals surface area contributed by atoms with Crippen molar-refractivity contribution in [2.45, 2.75) is 40.0 Å². The van der Waals surface area contributed by atoms with E-state index in [-0.39, 0.29) is 30.1 Å². The third-order valence-corrected chi connectivity index (χ3v) is 4.97. The zero-order valence-electron chi connectivity index (χ0n) is 15.1. The van der Waals surface area contributed by atoms with Crippen LogP contribution in [0, 0.1) is 11.3 Å². The number of anilines is 1. The third-order valence-electron chi connectivity index (χ3n) is 4.17. The van der Waals surface area contributed by atoms with Gasteiger partial charge in [-0.3, -0.25) is 14.4 Å².